The number of nitrogens with zero attached hydrogens (tertiary/aromatic N) is 3. The Balaban J connectivity index is 1.29. The van der Waals surface area contributed by atoms with Crippen LogP contribution in [-0.4, -0.2) is 16.8 Å². The van der Waals surface area contributed by atoms with Gasteiger partial charge in [0.2, 0.25) is 0 Å². The number of rotatable bonds is 4. The maximum absolute atomic E-state index is 2.88. The third-order valence-electron chi connectivity index (χ3n) is 16.2. The molecule has 318 valence electrons. The number of para-hydroxylation sites is 1. The van der Waals surface area contributed by atoms with E-state index in [0.717, 1.165) is 0 Å². The summed E-state index contributed by atoms with van der Waals surface area (Å²) in [7, 11) is 0. The molecule has 7 aromatic rings. The predicted molar refractivity (Wildman–Crippen MR) is 272 cm³/mol. The van der Waals surface area contributed by atoms with E-state index in [1.165, 1.54) is 126 Å². The highest BCUT2D eigenvalue weighted by atomic mass is 15.3. The first-order valence-corrected chi connectivity index (χ1v) is 23.7. The van der Waals surface area contributed by atoms with Crippen LogP contribution < -0.4 is 26.2 Å². The number of hydrogen-bond acceptors (Lipinski definition) is 2. The van der Waals surface area contributed by atoms with Gasteiger partial charge in [0.15, 0.2) is 0 Å². The van der Waals surface area contributed by atoms with E-state index in [1.54, 1.807) is 0 Å². The van der Waals surface area contributed by atoms with Crippen molar-refractivity contribution in [1.29, 1.82) is 0 Å². The van der Waals surface area contributed by atoms with Crippen molar-refractivity contribution in [2.45, 2.75) is 136 Å². The summed E-state index contributed by atoms with van der Waals surface area (Å²) in [5.74, 6) is 0. The molecule has 4 heteroatoms. The van der Waals surface area contributed by atoms with Crippen LogP contribution in [0.2, 0.25) is 0 Å². The zero-order valence-corrected chi connectivity index (χ0v) is 39.8. The van der Waals surface area contributed by atoms with Gasteiger partial charge in [-0.05, 0) is 135 Å². The van der Waals surface area contributed by atoms with Crippen LogP contribution in [0.25, 0.3) is 27.8 Å². The number of fused-ring (bicyclic) bond motifs is 7. The fourth-order valence-electron chi connectivity index (χ4n) is 12.4. The first-order valence-electron chi connectivity index (χ1n) is 23.7. The molecule has 6 aromatic carbocycles. The Bertz CT molecular complexity index is 2930. The van der Waals surface area contributed by atoms with E-state index in [0.29, 0.717) is 0 Å². The number of hydrogen-bond donors (Lipinski definition) is 0. The quantitative estimate of drug-likeness (QED) is 0.164. The Labute approximate surface area is 377 Å². The Morgan fingerprint density at radius 1 is 0.571 bits per heavy atom. The Kier molecular flexibility index (Phi) is 8.50. The van der Waals surface area contributed by atoms with Crippen molar-refractivity contribution in [3.05, 3.63) is 149 Å². The van der Waals surface area contributed by atoms with E-state index in [2.05, 4.69) is 219 Å². The third kappa shape index (κ3) is 5.65. The molecule has 63 heavy (non-hydrogen) atoms. The Morgan fingerprint density at radius 2 is 1.16 bits per heavy atom. The highest BCUT2D eigenvalue weighted by Gasteiger charge is 2.61. The fraction of sp³-hybridized carbons (Fsp3) is 0.356. The van der Waals surface area contributed by atoms with Crippen LogP contribution in [0.1, 0.15) is 130 Å². The summed E-state index contributed by atoms with van der Waals surface area (Å²) < 4.78 is 2.69. The molecule has 0 radical (unpaired) electrons. The van der Waals surface area contributed by atoms with Crippen LogP contribution in [0.15, 0.2) is 121 Å². The van der Waals surface area contributed by atoms with Crippen molar-refractivity contribution in [2.75, 3.05) is 9.80 Å². The summed E-state index contributed by atoms with van der Waals surface area (Å²) >= 11 is 0. The van der Waals surface area contributed by atoms with Crippen LogP contribution >= 0.6 is 0 Å². The summed E-state index contributed by atoms with van der Waals surface area (Å²) in [6, 6.07) is 47.6. The normalized spacial score (nSPS) is 19.9. The Hall–Kier alpha value is -5.48. The predicted octanol–water partition coefficient (Wildman–Crippen LogP) is 13.9. The van der Waals surface area contributed by atoms with Crippen molar-refractivity contribution < 1.29 is 0 Å². The van der Waals surface area contributed by atoms with E-state index in [4.69, 9.17) is 0 Å². The highest BCUT2D eigenvalue weighted by Crippen LogP contribution is 2.62. The molecule has 1 aromatic heterocycles. The molecule has 11 rings (SSSR count). The van der Waals surface area contributed by atoms with Gasteiger partial charge in [0.1, 0.15) is 0 Å². The van der Waals surface area contributed by atoms with Crippen LogP contribution in [0.3, 0.4) is 0 Å². The minimum atomic E-state index is -0.0771. The molecular formula is C59H64BN3. The van der Waals surface area contributed by atoms with Gasteiger partial charge in [-0.15, -0.1) is 0 Å². The second kappa shape index (κ2) is 13.3. The van der Waals surface area contributed by atoms with Crippen LogP contribution in [0.4, 0.5) is 28.4 Å². The van der Waals surface area contributed by atoms with Gasteiger partial charge in [0.25, 0.3) is 6.71 Å². The molecule has 0 N–H and O–H groups in total. The van der Waals surface area contributed by atoms with Crippen molar-refractivity contribution >= 4 is 62.4 Å². The molecular weight excluding hydrogens is 761 g/mol. The maximum atomic E-state index is 2.88. The molecule has 0 saturated heterocycles. The molecule has 0 bridgehead atoms. The molecule has 1 saturated carbocycles. The van der Waals surface area contributed by atoms with Gasteiger partial charge in [-0.25, -0.2) is 0 Å². The standard InChI is InChI=1S/C59H64BN3/c1-37-45-33-41(57(8,9)10)34-48-53(45)62(52(37)38-19-14-13-15-20-38)49-35-44(61(42-27-23-39(24-28-42)55(2,3)4)43-29-25-40(26-30-43)56(5,6)7)36-50-51(49)60(48)47-22-18-21-46-54(47)63(50)59(12)32-17-16-31-58(46,59)11/h13-15,18-30,33-36H,16-17,31-32H2,1-12H3. The largest absolute Gasteiger partial charge is 0.335 e. The topological polar surface area (TPSA) is 11.4 Å². The Morgan fingerprint density at radius 3 is 1.76 bits per heavy atom. The molecule has 0 spiro atoms. The monoisotopic (exact) mass is 826 g/mol. The van der Waals surface area contributed by atoms with E-state index in [-0.39, 0.29) is 33.9 Å². The van der Waals surface area contributed by atoms with Gasteiger partial charge in [-0.2, -0.15) is 0 Å². The third-order valence-corrected chi connectivity index (χ3v) is 16.2. The summed E-state index contributed by atoms with van der Waals surface area (Å²) in [5.41, 5.74) is 22.9. The molecule has 1 fully saturated rings. The summed E-state index contributed by atoms with van der Waals surface area (Å²) in [4.78, 5) is 5.42. The number of aromatic nitrogens is 1. The molecule has 2 unspecified atom stereocenters. The molecule has 4 aliphatic rings. The molecule has 3 nitrogen and oxygen atoms in total. The van der Waals surface area contributed by atoms with E-state index in [9.17, 15) is 0 Å². The van der Waals surface area contributed by atoms with Crippen molar-refractivity contribution in [3.8, 4) is 16.9 Å². The lowest BCUT2D eigenvalue weighted by molar-refractivity contribution is 0.195. The lowest BCUT2D eigenvalue weighted by Gasteiger charge is -2.52. The number of benzene rings is 6. The second-order valence-corrected chi connectivity index (χ2v) is 23.0. The van der Waals surface area contributed by atoms with Gasteiger partial charge >= 0.3 is 0 Å². The smallest absolute Gasteiger partial charge is 0.252 e. The van der Waals surface area contributed by atoms with Crippen LogP contribution in [-0.2, 0) is 21.7 Å². The minimum absolute atomic E-state index is 0.0140. The molecule has 3 aliphatic heterocycles. The minimum Gasteiger partial charge on any atom is -0.335 e. The second-order valence-electron chi connectivity index (χ2n) is 23.0. The highest BCUT2D eigenvalue weighted by molar-refractivity contribution is 7.00. The summed E-state index contributed by atoms with van der Waals surface area (Å²) in [6.07, 6.45) is 4.89. The van der Waals surface area contributed by atoms with Crippen molar-refractivity contribution in [2.24, 2.45) is 0 Å². The maximum Gasteiger partial charge on any atom is 0.252 e. The first kappa shape index (κ1) is 40.3. The van der Waals surface area contributed by atoms with Crippen LogP contribution in [0, 0.1) is 6.92 Å². The van der Waals surface area contributed by atoms with Gasteiger partial charge in [0, 0.05) is 44.8 Å². The first-order chi connectivity index (χ1) is 29.8. The van der Waals surface area contributed by atoms with Gasteiger partial charge in [0.05, 0.1) is 16.9 Å². The van der Waals surface area contributed by atoms with Crippen molar-refractivity contribution in [3.63, 3.8) is 0 Å². The average Bonchev–Trinajstić information content (AvgIpc) is 3.66. The summed E-state index contributed by atoms with van der Waals surface area (Å²) in [5, 5.41) is 1.36. The lowest BCUT2D eigenvalue weighted by atomic mass is 9.33. The van der Waals surface area contributed by atoms with E-state index < -0.39 is 0 Å². The lowest BCUT2D eigenvalue weighted by Crippen LogP contribution is -2.64. The molecule has 2 atom stereocenters. The zero-order chi connectivity index (χ0) is 44.2. The number of anilines is 5. The van der Waals surface area contributed by atoms with Gasteiger partial charge in [-0.1, -0.05) is 161 Å². The summed E-state index contributed by atoms with van der Waals surface area (Å²) in [6.45, 7) is 28.7. The van der Waals surface area contributed by atoms with Gasteiger partial charge in [-0.3, -0.25) is 0 Å². The molecule has 0 amide bonds. The van der Waals surface area contributed by atoms with Crippen LogP contribution in [0.5, 0.6) is 0 Å². The molecule has 1 aliphatic carbocycles. The van der Waals surface area contributed by atoms with Gasteiger partial charge < -0.3 is 14.4 Å². The van der Waals surface area contributed by atoms with E-state index in [1.807, 2.05) is 0 Å². The fourth-order valence-corrected chi connectivity index (χ4v) is 12.4. The zero-order valence-electron chi connectivity index (χ0n) is 39.8. The van der Waals surface area contributed by atoms with E-state index >= 15 is 0 Å². The number of aryl methyl sites for hydroxylation is 1. The molecule has 4 heterocycles. The SMILES string of the molecule is Cc1c(-c2ccccc2)n2c3c(cc(C(C)(C)C)cc13)B1c3cccc4c3N(c3cc(N(c5ccc(C(C)(C)C)cc5)c5ccc(C(C)(C)C)cc5)cc-2c31)C1(C)CCCCC41C. The van der Waals surface area contributed by atoms with Crippen molar-refractivity contribution in [1.82, 2.24) is 4.57 Å². The average molecular weight is 826 g/mol.